The third-order valence-corrected chi connectivity index (χ3v) is 3.26. The molecule has 0 spiro atoms. The lowest BCUT2D eigenvalue weighted by Crippen LogP contribution is -2.25. The van der Waals surface area contributed by atoms with E-state index in [1.807, 2.05) is 48.5 Å². The minimum atomic E-state index is -0.0289. The largest absolute Gasteiger partial charge is 0.350 e. The van der Waals surface area contributed by atoms with Crippen molar-refractivity contribution in [2.75, 3.05) is 0 Å². The minimum absolute atomic E-state index is 0.0289. The molecule has 4 nitrogen and oxygen atoms in total. The standard InChI is InChI=1S/C17H15N3O/c21-16(20-12-15-8-1-2-9-18-15)11-14-6-3-5-13-7-4-10-19-17(13)14/h1-10H,11-12H2,(H,20,21). The van der Waals surface area contributed by atoms with Crippen molar-refractivity contribution in [2.24, 2.45) is 0 Å². The van der Waals surface area contributed by atoms with Crippen LogP contribution in [0.4, 0.5) is 0 Å². The predicted molar refractivity (Wildman–Crippen MR) is 81.5 cm³/mol. The molecule has 0 aliphatic heterocycles. The number of hydrogen-bond donors (Lipinski definition) is 1. The van der Waals surface area contributed by atoms with Crippen molar-refractivity contribution in [2.45, 2.75) is 13.0 Å². The van der Waals surface area contributed by atoms with Gasteiger partial charge in [-0.2, -0.15) is 0 Å². The second kappa shape index (κ2) is 6.13. The average molecular weight is 277 g/mol. The van der Waals surface area contributed by atoms with E-state index in [1.165, 1.54) is 0 Å². The van der Waals surface area contributed by atoms with E-state index >= 15 is 0 Å². The molecule has 1 aromatic carbocycles. The van der Waals surface area contributed by atoms with Gasteiger partial charge in [0.2, 0.25) is 5.91 Å². The van der Waals surface area contributed by atoms with Crippen LogP contribution in [-0.4, -0.2) is 15.9 Å². The Bertz CT molecular complexity index is 751. The number of amides is 1. The van der Waals surface area contributed by atoms with Crippen molar-refractivity contribution in [1.29, 1.82) is 0 Å². The van der Waals surface area contributed by atoms with Crippen molar-refractivity contribution >= 4 is 16.8 Å². The van der Waals surface area contributed by atoms with Gasteiger partial charge in [-0.25, -0.2) is 0 Å². The van der Waals surface area contributed by atoms with Gasteiger partial charge in [0.1, 0.15) is 0 Å². The van der Waals surface area contributed by atoms with E-state index in [1.54, 1.807) is 12.4 Å². The zero-order chi connectivity index (χ0) is 14.5. The Morgan fingerprint density at radius 2 is 1.81 bits per heavy atom. The van der Waals surface area contributed by atoms with Crippen molar-refractivity contribution in [3.8, 4) is 0 Å². The zero-order valence-corrected chi connectivity index (χ0v) is 11.5. The fourth-order valence-electron chi connectivity index (χ4n) is 2.24. The summed E-state index contributed by atoms with van der Waals surface area (Å²) in [5.41, 5.74) is 2.67. The Hall–Kier alpha value is -2.75. The van der Waals surface area contributed by atoms with Crippen LogP contribution in [0.2, 0.25) is 0 Å². The number of benzene rings is 1. The van der Waals surface area contributed by atoms with Gasteiger partial charge >= 0.3 is 0 Å². The van der Waals surface area contributed by atoms with E-state index in [9.17, 15) is 4.79 Å². The number of rotatable bonds is 4. The number of para-hydroxylation sites is 1. The lowest BCUT2D eigenvalue weighted by molar-refractivity contribution is -0.120. The molecule has 104 valence electrons. The fourth-order valence-corrected chi connectivity index (χ4v) is 2.24. The van der Waals surface area contributed by atoms with Gasteiger partial charge in [-0.15, -0.1) is 0 Å². The van der Waals surface area contributed by atoms with Crippen molar-refractivity contribution in [3.05, 3.63) is 72.2 Å². The molecule has 2 aromatic heterocycles. The molecule has 0 fully saturated rings. The molecular formula is C17H15N3O. The first-order chi connectivity index (χ1) is 10.3. The Morgan fingerprint density at radius 3 is 2.67 bits per heavy atom. The molecule has 1 amide bonds. The highest BCUT2D eigenvalue weighted by molar-refractivity contribution is 5.87. The van der Waals surface area contributed by atoms with E-state index in [2.05, 4.69) is 15.3 Å². The maximum atomic E-state index is 12.1. The predicted octanol–water partition coefficient (Wildman–Crippen LogP) is 2.49. The summed E-state index contributed by atoms with van der Waals surface area (Å²) in [6, 6.07) is 15.4. The Kier molecular flexibility index (Phi) is 3.87. The maximum absolute atomic E-state index is 12.1. The SMILES string of the molecule is O=C(Cc1cccc2cccnc12)NCc1ccccn1. The van der Waals surface area contributed by atoms with Crippen LogP contribution in [0.15, 0.2) is 60.9 Å². The Labute approximate surface area is 122 Å². The highest BCUT2D eigenvalue weighted by atomic mass is 16.1. The molecule has 0 radical (unpaired) electrons. The summed E-state index contributed by atoms with van der Waals surface area (Å²) >= 11 is 0. The molecule has 0 saturated heterocycles. The van der Waals surface area contributed by atoms with Gasteiger partial charge in [0.05, 0.1) is 24.2 Å². The van der Waals surface area contributed by atoms with Crippen molar-refractivity contribution in [3.63, 3.8) is 0 Å². The van der Waals surface area contributed by atoms with Gasteiger partial charge in [-0.1, -0.05) is 30.3 Å². The van der Waals surface area contributed by atoms with E-state index < -0.39 is 0 Å². The minimum Gasteiger partial charge on any atom is -0.350 e. The first-order valence-electron chi connectivity index (χ1n) is 6.82. The molecule has 0 unspecified atom stereocenters. The van der Waals surface area contributed by atoms with E-state index in [0.29, 0.717) is 13.0 Å². The van der Waals surface area contributed by atoms with Crippen LogP contribution in [-0.2, 0) is 17.8 Å². The van der Waals surface area contributed by atoms with Crippen molar-refractivity contribution < 1.29 is 4.79 Å². The highest BCUT2D eigenvalue weighted by Gasteiger charge is 2.07. The average Bonchev–Trinajstić information content (AvgIpc) is 2.54. The zero-order valence-electron chi connectivity index (χ0n) is 11.5. The molecule has 4 heteroatoms. The van der Waals surface area contributed by atoms with Crippen LogP contribution in [0, 0.1) is 0 Å². The van der Waals surface area contributed by atoms with Crippen molar-refractivity contribution in [1.82, 2.24) is 15.3 Å². The molecule has 0 aliphatic rings. The van der Waals surface area contributed by atoms with Gasteiger partial charge in [-0.05, 0) is 23.8 Å². The summed E-state index contributed by atoms with van der Waals surface area (Å²) in [6.07, 6.45) is 3.79. The molecule has 3 rings (SSSR count). The molecule has 0 aliphatic carbocycles. The fraction of sp³-hybridized carbons (Fsp3) is 0.118. The van der Waals surface area contributed by atoms with Crippen LogP contribution in [0.25, 0.3) is 10.9 Å². The third kappa shape index (κ3) is 3.23. The number of fused-ring (bicyclic) bond motifs is 1. The summed E-state index contributed by atoms with van der Waals surface area (Å²) in [7, 11) is 0. The smallest absolute Gasteiger partial charge is 0.224 e. The van der Waals surface area contributed by atoms with Crippen LogP contribution in [0.3, 0.4) is 0 Å². The molecule has 1 N–H and O–H groups in total. The summed E-state index contributed by atoms with van der Waals surface area (Å²) in [6.45, 7) is 0.442. The van der Waals surface area contributed by atoms with Gasteiger partial charge < -0.3 is 5.32 Å². The molecule has 0 atom stereocenters. The summed E-state index contributed by atoms with van der Waals surface area (Å²) < 4.78 is 0. The maximum Gasteiger partial charge on any atom is 0.224 e. The quantitative estimate of drug-likeness (QED) is 0.797. The Balaban J connectivity index is 1.69. The third-order valence-electron chi connectivity index (χ3n) is 3.26. The van der Waals surface area contributed by atoms with Crippen LogP contribution >= 0.6 is 0 Å². The summed E-state index contributed by atoms with van der Waals surface area (Å²) in [4.78, 5) is 20.6. The molecule has 3 aromatic rings. The normalized spacial score (nSPS) is 10.5. The van der Waals surface area contributed by atoms with Crippen LogP contribution in [0.1, 0.15) is 11.3 Å². The van der Waals surface area contributed by atoms with E-state index in [-0.39, 0.29) is 5.91 Å². The number of nitrogens with one attached hydrogen (secondary N) is 1. The Morgan fingerprint density at radius 1 is 0.952 bits per heavy atom. The van der Waals surface area contributed by atoms with E-state index in [0.717, 1.165) is 22.2 Å². The van der Waals surface area contributed by atoms with Gasteiger partial charge in [0.15, 0.2) is 0 Å². The van der Waals surface area contributed by atoms with Gasteiger partial charge in [0.25, 0.3) is 0 Å². The second-order valence-electron chi connectivity index (χ2n) is 4.77. The lowest BCUT2D eigenvalue weighted by atomic mass is 10.1. The summed E-state index contributed by atoms with van der Waals surface area (Å²) in [5, 5.41) is 3.93. The molecular weight excluding hydrogens is 262 g/mol. The summed E-state index contributed by atoms with van der Waals surface area (Å²) in [5.74, 6) is -0.0289. The lowest BCUT2D eigenvalue weighted by Gasteiger charge is -2.07. The molecule has 0 saturated carbocycles. The molecule has 2 heterocycles. The number of nitrogens with zero attached hydrogens (tertiary/aromatic N) is 2. The van der Waals surface area contributed by atoms with E-state index in [4.69, 9.17) is 0 Å². The number of hydrogen-bond acceptors (Lipinski definition) is 3. The first-order valence-corrected chi connectivity index (χ1v) is 6.82. The van der Waals surface area contributed by atoms with Gasteiger partial charge in [-0.3, -0.25) is 14.8 Å². The number of pyridine rings is 2. The number of carbonyl (C=O) groups excluding carboxylic acids is 1. The number of carbonyl (C=O) groups is 1. The highest BCUT2D eigenvalue weighted by Crippen LogP contribution is 2.16. The topological polar surface area (TPSA) is 54.9 Å². The molecule has 0 bridgehead atoms. The molecule has 21 heavy (non-hydrogen) atoms. The van der Waals surface area contributed by atoms with Crippen LogP contribution in [0.5, 0.6) is 0 Å². The van der Waals surface area contributed by atoms with Crippen LogP contribution < -0.4 is 5.32 Å². The second-order valence-corrected chi connectivity index (χ2v) is 4.77. The monoisotopic (exact) mass is 277 g/mol. The van der Waals surface area contributed by atoms with Gasteiger partial charge in [0, 0.05) is 17.8 Å². The number of aromatic nitrogens is 2. The first kappa shape index (κ1) is 13.2.